The molecule has 1 aromatic heterocycles. The molecule has 2 aromatic rings. The zero-order valence-corrected chi connectivity index (χ0v) is 13.2. The summed E-state index contributed by atoms with van der Waals surface area (Å²) in [4.78, 5) is 0. The van der Waals surface area contributed by atoms with Gasteiger partial charge in [-0.05, 0) is 31.2 Å². The average Bonchev–Trinajstić information content (AvgIpc) is 2.96. The fraction of sp³-hybridized carbons (Fsp3) is 0.357. The van der Waals surface area contributed by atoms with E-state index in [1.807, 2.05) is 24.3 Å². The Labute approximate surface area is 125 Å². The van der Waals surface area contributed by atoms with Crippen LogP contribution in [0.2, 0.25) is 0 Å². The molecule has 2 N–H and O–H groups in total. The van der Waals surface area contributed by atoms with Crippen molar-refractivity contribution in [2.75, 3.05) is 18.4 Å². The van der Waals surface area contributed by atoms with Gasteiger partial charge >= 0.3 is 0 Å². The molecule has 0 spiro atoms. The van der Waals surface area contributed by atoms with Gasteiger partial charge in [-0.1, -0.05) is 19.1 Å². The van der Waals surface area contributed by atoms with Gasteiger partial charge in [-0.2, -0.15) is 13.5 Å². The minimum absolute atomic E-state index is 0.124. The van der Waals surface area contributed by atoms with E-state index in [-0.39, 0.29) is 5.03 Å². The van der Waals surface area contributed by atoms with E-state index in [9.17, 15) is 8.42 Å². The molecule has 0 atom stereocenters. The Morgan fingerprint density at radius 1 is 1.29 bits per heavy atom. The zero-order chi connectivity index (χ0) is 15.5. The Balaban J connectivity index is 2.35. The molecule has 0 radical (unpaired) electrons. The lowest BCUT2D eigenvalue weighted by Crippen LogP contribution is -2.28. The van der Waals surface area contributed by atoms with Gasteiger partial charge in [0.25, 0.3) is 10.0 Å². The third-order valence-corrected chi connectivity index (χ3v) is 5.17. The number of H-pyrrole nitrogens is 1. The number of aromatic nitrogens is 2. The lowest BCUT2D eigenvalue weighted by molar-refractivity contribution is 0.588. The first kappa shape index (κ1) is 15.5. The molecule has 0 saturated carbocycles. The largest absolute Gasteiger partial charge is 0.316 e. The molecule has 21 heavy (non-hydrogen) atoms. The van der Waals surface area contributed by atoms with E-state index in [4.69, 9.17) is 0 Å². The monoisotopic (exact) mass is 308 g/mol. The third-order valence-electron chi connectivity index (χ3n) is 3.37. The summed E-state index contributed by atoms with van der Waals surface area (Å²) >= 11 is 0. The lowest BCUT2D eigenvalue weighted by Gasteiger charge is -2.19. The third kappa shape index (κ3) is 3.08. The van der Waals surface area contributed by atoms with Crippen molar-refractivity contribution in [3.63, 3.8) is 0 Å². The number of hydrogen-bond acceptors (Lipinski definition) is 4. The van der Waals surface area contributed by atoms with E-state index in [0.717, 1.165) is 6.42 Å². The molecule has 2 rings (SSSR count). The van der Waals surface area contributed by atoms with E-state index in [2.05, 4.69) is 22.4 Å². The van der Waals surface area contributed by atoms with E-state index in [1.54, 1.807) is 14.1 Å². The van der Waals surface area contributed by atoms with Crippen molar-refractivity contribution in [3.05, 3.63) is 41.6 Å². The molecule has 1 aromatic carbocycles. The Morgan fingerprint density at radius 2 is 1.95 bits per heavy atom. The summed E-state index contributed by atoms with van der Waals surface area (Å²) < 4.78 is 26.6. The van der Waals surface area contributed by atoms with Crippen LogP contribution >= 0.6 is 0 Å². The molecule has 0 unspecified atom stereocenters. The normalized spacial score (nSPS) is 11.6. The second kappa shape index (κ2) is 6.28. The van der Waals surface area contributed by atoms with Crippen molar-refractivity contribution in [2.24, 2.45) is 0 Å². The van der Waals surface area contributed by atoms with Gasteiger partial charge in [0.2, 0.25) is 0 Å². The highest BCUT2D eigenvalue weighted by atomic mass is 32.2. The number of anilines is 1. The van der Waals surface area contributed by atoms with Crippen LogP contribution in [0, 0.1) is 0 Å². The second-order valence-electron chi connectivity index (χ2n) is 4.75. The highest BCUT2D eigenvalue weighted by Crippen LogP contribution is 2.23. The number of nitrogens with one attached hydrogen (secondary N) is 2. The van der Waals surface area contributed by atoms with Crippen molar-refractivity contribution < 1.29 is 8.42 Å². The van der Waals surface area contributed by atoms with Crippen molar-refractivity contribution in [1.82, 2.24) is 15.5 Å². The summed E-state index contributed by atoms with van der Waals surface area (Å²) in [6.07, 6.45) is 2.45. The number of nitrogens with zero attached hydrogens (tertiary/aromatic N) is 2. The van der Waals surface area contributed by atoms with Crippen molar-refractivity contribution in [3.8, 4) is 0 Å². The first-order chi connectivity index (χ1) is 10.0. The summed E-state index contributed by atoms with van der Waals surface area (Å²) in [6.45, 7) is 2.50. The van der Waals surface area contributed by atoms with Gasteiger partial charge in [-0.15, -0.1) is 0 Å². The van der Waals surface area contributed by atoms with Gasteiger partial charge in [0, 0.05) is 19.2 Å². The average molecular weight is 308 g/mol. The van der Waals surface area contributed by atoms with Gasteiger partial charge in [0.05, 0.1) is 11.9 Å². The molecule has 0 aliphatic carbocycles. The first-order valence-corrected chi connectivity index (χ1v) is 8.19. The minimum atomic E-state index is -3.65. The molecule has 6 nitrogen and oxygen atoms in total. The van der Waals surface area contributed by atoms with Gasteiger partial charge < -0.3 is 5.32 Å². The van der Waals surface area contributed by atoms with Crippen LogP contribution in [0.25, 0.3) is 0 Å². The van der Waals surface area contributed by atoms with Gasteiger partial charge in [-0.25, -0.2) is 0 Å². The topological polar surface area (TPSA) is 78.1 Å². The molecular formula is C14H20N4O2S. The van der Waals surface area contributed by atoms with Crippen LogP contribution < -0.4 is 9.62 Å². The summed E-state index contributed by atoms with van der Waals surface area (Å²) in [7, 11) is -0.343. The smallest absolute Gasteiger partial charge is 0.281 e. The Kier molecular flexibility index (Phi) is 4.64. The van der Waals surface area contributed by atoms with E-state index < -0.39 is 10.0 Å². The number of aromatic amines is 1. The van der Waals surface area contributed by atoms with Crippen LogP contribution in [0.5, 0.6) is 0 Å². The molecule has 0 aliphatic rings. The highest BCUT2D eigenvalue weighted by Gasteiger charge is 2.26. The zero-order valence-electron chi connectivity index (χ0n) is 12.4. The number of hydrogen-bond donors (Lipinski definition) is 2. The van der Waals surface area contributed by atoms with Crippen molar-refractivity contribution >= 4 is 15.7 Å². The highest BCUT2D eigenvalue weighted by molar-refractivity contribution is 7.92. The van der Waals surface area contributed by atoms with Crippen LogP contribution in [0.3, 0.4) is 0 Å². The fourth-order valence-electron chi connectivity index (χ4n) is 2.06. The first-order valence-electron chi connectivity index (χ1n) is 6.75. The van der Waals surface area contributed by atoms with Gasteiger partial charge in [0.15, 0.2) is 5.03 Å². The molecule has 114 valence electrons. The Hall–Kier alpha value is -1.86. The van der Waals surface area contributed by atoms with Gasteiger partial charge in [-0.3, -0.25) is 9.40 Å². The maximum absolute atomic E-state index is 12.7. The van der Waals surface area contributed by atoms with E-state index >= 15 is 0 Å². The number of rotatable bonds is 6. The van der Waals surface area contributed by atoms with E-state index in [0.29, 0.717) is 17.8 Å². The minimum Gasteiger partial charge on any atom is -0.316 e. The summed E-state index contributed by atoms with van der Waals surface area (Å²) in [5.74, 6) is 0. The van der Waals surface area contributed by atoms with Crippen LogP contribution in [0.4, 0.5) is 5.69 Å². The quantitative estimate of drug-likeness (QED) is 0.848. The second-order valence-corrected chi connectivity index (χ2v) is 6.65. The maximum Gasteiger partial charge on any atom is 0.281 e. The molecule has 0 aliphatic heterocycles. The predicted octanol–water partition coefficient (Wildman–Crippen LogP) is 1.52. The molecule has 0 fully saturated rings. The summed E-state index contributed by atoms with van der Waals surface area (Å²) in [5, 5.41) is 9.48. The lowest BCUT2D eigenvalue weighted by atomic mass is 10.1. The molecule has 0 bridgehead atoms. The van der Waals surface area contributed by atoms with Crippen LogP contribution in [-0.4, -0.2) is 32.7 Å². The SMILES string of the molecule is CCc1ccc(N(C)S(=O)(=O)c2[nH]ncc2CNC)cc1. The molecule has 1 heterocycles. The maximum atomic E-state index is 12.7. The number of aryl methyl sites for hydroxylation is 1. The Bertz CT molecular complexity index is 692. The molecule has 0 amide bonds. The number of benzene rings is 1. The summed E-state index contributed by atoms with van der Waals surface area (Å²) in [6, 6.07) is 7.49. The van der Waals surface area contributed by atoms with Gasteiger partial charge in [0.1, 0.15) is 0 Å². The molecule has 0 saturated heterocycles. The van der Waals surface area contributed by atoms with Crippen LogP contribution in [-0.2, 0) is 23.0 Å². The van der Waals surface area contributed by atoms with E-state index in [1.165, 1.54) is 16.1 Å². The molecule has 7 heteroatoms. The standard InChI is InChI=1S/C14H20N4O2S/c1-4-11-5-7-13(8-6-11)18(3)21(19,20)14-12(9-15-2)10-16-17-14/h5-8,10,15H,4,9H2,1-3H3,(H,16,17). The van der Waals surface area contributed by atoms with Crippen molar-refractivity contribution in [2.45, 2.75) is 24.9 Å². The van der Waals surface area contributed by atoms with Crippen LogP contribution in [0.15, 0.2) is 35.5 Å². The number of sulfonamides is 1. The predicted molar refractivity (Wildman–Crippen MR) is 82.8 cm³/mol. The Morgan fingerprint density at radius 3 is 2.52 bits per heavy atom. The van der Waals surface area contributed by atoms with Crippen LogP contribution in [0.1, 0.15) is 18.1 Å². The summed E-state index contributed by atoms with van der Waals surface area (Å²) in [5.41, 5.74) is 2.41. The fourth-order valence-corrected chi connectivity index (χ4v) is 3.35. The molecular weight excluding hydrogens is 288 g/mol. The van der Waals surface area contributed by atoms with Crippen molar-refractivity contribution in [1.29, 1.82) is 0 Å².